The molecular formula is C16H11N3O5S. The van der Waals surface area contributed by atoms with Gasteiger partial charge in [-0.1, -0.05) is 0 Å². The highest BCUT2D eigenvalue weighted by Crippen LogP contribution is 2.28. The van der Waals surface area contributed by atoms with Gasteiger partial charge in [-0.05, 0) is 48.2 Å². The molecule has 3 rings (SSSR count). The third-order valence-corrected chi connectivity index (χ3v) is 4.11. The van der Waals surface area contributed by atoms with E-state index in [2.05, 4.69) is 15.3 Å². The van der Waals surface area contributed by atoms with Gasteiger partial charge in [-0.15, -0.1) is 0 Å². The number of aromatic amines is 1. The topological polar surface area (TPSA) is 132 Å². The highest BCUT2D eigenvalue weighted by molar-refractivity contribution is 8.18. The van der Waals surface area contributed by atoms with Crippen LogP contribution in [-0.4, -0.2) is 38.2 Å². The number of H-pyrrole nitrogens is 1. The van der Waals surface area contributed by atoms with E-state index in [1.54, 1.807) is 24.4 Å². The highest BCUT2D eigenvalue weighted by Gasteiger charge is 2.24. The molecular weight excluding hydrogens is 346 g/mol. The van der Waals surface area contributed by atoms with Gasteiger partial charge in [-0.2, -0.15) is 0 Å². The van der Waals surface area contributed by atoms with Crippen molar-refractivity contribution in [2.45, 2.75) is 0 Å². The molecule has 9 heteroatoms. The standard InChI is InChI=1S/C16H11N3O5S/c20-13-12(7-10-2-1-3-17-10)25-16(19-13)18-11-5-8(14(21)22)4-9(6-11)15(23)24/h1-7,17H,(H,21,22)(H,23,24)(H,18,19,20)/b12-7+. The molecule has 0 atom stereocenters. The molecule has 1 amide bonds. The second-order valence-electron chi connectivity index (χ2n) is 4.99. The second-order valence-corrected chi connectivity index (χ2v) is 6.02. The Labute approximate surface area is 145 Å². The molecule has 8 nitrogen and oxygen atoms in total. The quantitative estimate of drug-likeness (QED) is 0.621. The van der Waals surface area contributed by atoms with Gasteiger partial charge in [-0.3, -0.25) is 4.79 Å². The Morgan fingerprint density at radius 2 is 1.80 bits per heavy atom. The fourth-order valence-corrected chi connectivity index (χ4v) is 2.93. The first-order valence-corrected chi connectivity index (χ1v) is 7.78. The maximum atomic E-state index is 12.0. The summed E-state index contributed by atoms with van der Waals surface area (Å²) in [6, 6.07) is 7.11. The number of nitrogens with zero attached hydrogens (tertiary/aromatic N) is 1. The van der Waals surface area contributed by atoms with Crippen molar-refractivity contribution in [2.75, 3.05) is 0 Å². The maximum absolute atomic E-state index is 12.0. The Morgan fingerprint density at radius 3 is 2.36 bits per heavy atom. The van der Waals surface area contributed by atoms with Gasteiger partial charge in [-0.25, -0.2) is 14.6 Å². The van der Waals surface area contributed by atoms with Gasteiger partial charge in [0, 0.05) is 11.9 Å². The van der Waals surface area contributed by atoms with Crippen molar-refractivity contribution < 1.29 is 24.6 Å². The van der Waals surface area contributed by atoms with Gasteiger partial charge in [0.25, 0.3) is 5.91 Å². The van der Waals surface area contributed by atoms with Crippen molar-refractivity contribution in [2.24, 2.45) is 4.99 Å². The van der Waals surface area contributed by atoms with Crippen LogP contribution in [0.3, 0.4) is 0 Å². The summed E-state index contributed by atoms with van der Waals surface area (Å²) in [6.45, 7) is 0. The van der Waals surface area contributed by atoms with Gasteiger partial charge in [0.2, 0.25) is 0 Å². The first-order chi connectivity index (χ1) is 11.9. The largest absolute Gasteiger partial charge is 0.478 e. The van der Waals surface area contributed by atoms with Crippen molar-refractivity contribution >= 4 is 46.5 Å². The van der Waals surface area contributed by atoms with Gasteiger partial charge in [0.1, 0.15) is 0 Å². The summed E-state index contributed by atoms with van der Waals surface area (Å²) in [7, 11) is 0. The van der Waals surface area contributed by atoms with Crippen LogP contribution in [0.4, 0.5) is 5.69 Å². The average molecular weight is 357 g/mol. The number of carbonyl (C=O) groups is 3. The van der Waals surface area contributed by atoms with E-state index >= 15 is 0 Å². The number of carbonyl (C=O) groups excluding carboxylic acids is 1. The SMILES string of the molecule is O=C1NC(=Nc2cc(C(=O)O)cc(C(=O)O)c2)S/C1=C/c1ccc[nH]1. The summed E-state index contributed by atoms with van der Waals surface area (Å²) in [4.78, 5) is 41.7. The molecule has 25 heavy (non-hydrogen) atoms. The molecule has 0 spiro atoms. The molecule has 0 bridgehead atoms. The van der Waals surface area contributed by atoms with E-state index in [1.807, 2.05) is 0 Å². The first kappa shape index (κ1) is 16.5. The van der Waals surface area contributed by atoms with E-state index in [-0.39, 0.29) is 27.9 Å². The number of amidine groups is 1. The fourth-order valence-electron chi connectivity index (χ4n) is 2.10. The predicted octanol–water partition coefficient (Wildman–Crippen LogP) is 2.30. The summed E-state index contributed by atoms with van der Waals surface area (Å²) < 4.78 is 0. The summed E-state index contributed by atoms with van der Waals surface area (Å²) in [6.07, 6.45) is 3.38. The molecule has 126 valence electrons. The zero-order valence-electron chi connectivity index (χ0n) is 12.5. The lowest BCUT2D eigenvalue weighted by molar-refractivity contribution is -0.115. The molecule has 1 saturated heterocycles. The van der Waals surface area contributed by atoms with Crippen molar-refractivity contribution in [3.05, 3.63) is 58.3 Å². The Balaban J connectivity index is 1.92. The second kappa shape index (κ2) is 6.65. The molecule has 0 saturated carbocycles. The number of aromatic nitrogens is 1. The number of rotatable bonds is 4. The van der Waals surface area contributed by atoms with Crippen LogP contribution < -0.4 is 5.32 Å². The van der Waals surface area contributed by atoms with Gasteiger partial charge in [0.05, 0.1) is 21.7 Å². The lowest BCUT2D eigenvalue weighted by Crippen LogP contribution is -2.19. The third kappa shape index (κ3) is 3.78. The van der Waals surface area contributed by atoms with Crippen LogP contribution in [0.1, 0.15) is 26.4 Å². The smallest absolute Gasteiger partial charge is 0.335 e. The first-order valence-electron chi connectivity index (χ1n) is 6.97. The van der Waals surface area contributed by atoms with Gasteiger partial charge in [0.15, 0.2) is 5.17 Å². The monoisotopic (exact) mass is 357 g/mol. The number of hydrogen-bond donors (Lipinski definition) is 4. The van der Waals surface area contributed by atoms with Gasteiger partial charge < -0.3 is 20.5 Å². The van der Waals surface area contributed by atoms with E-state index in [4.69, 9.17) is 10.2 Å². The number of aromatic carboxylic acids is 2. The van der Waals surface area contributed by atoms with Crippen molar-refractivity contribution in [3.8, 4) is 0 Å². The van der Waals surface area contributed by atoms with Crippen LogP contribution in [0.2, 0.25) is 0 Å². The Morgan fingerprint density at radius 1 is 1.12 bits per heavy atom. The van der Waals surface area contributed by atoms with E-state index in [1.165, 1.54) is 12.1 Å². The molecule has 0 aliphatic carbocycles. The van der Waals surface area contributed by atoms with Crippen LogP contribution in [0.5, 0.6) is 0 Å². The van der Waals surface area contributed by atoms with Crippen molar-refractivity contribution in [1.29, 1.82) is 0 Å². The molecule has 1 fully saturated rings. The molecule has 1 aromatic heterocycles. The van der Waals surface area contributed by atoms with Gasteiger partial charge >= 0.3 is 11.9 Å². The minimum Gasteiger partial charge on any atom is -0.478 e. The molecule has 2 heterocycles. The van der Waals surface area contributed by atoms with Crippen molar-refractivity contribution in [1.82, 2.24) is 10.3 Å². The number of nitrogens with one attached hydrogen (secondary N) is 2. The lowest BCUT2D eigenvalue weighted by Gasteiger charge is -2.02. The Kier molecular flexibility index (Phi) is 4.40. The summed E-state index contributed by atoms with van der Waals surface area (Å²) in [5.41, 5.74) is 0.479. The molecule has 1 aliphatic heterocycles. The number of aliphatic imine (C=N–C) groups is 1. The minimum absolute atomic E-state index is 0.126. The number of carboxylic acid groups (broad SMARTS) is 2. The number of carboxylic acids is 2. The van der Waals surface area contributed by atoms with Crippen LogP contribution in [0, 0.1) is 0 Å². The Bertz CT molecular complexity index is 899. The molecule has 0 unspecified atom stereocenters. The predicted molar refractivity (Wildman–Crippen MR) is 92.0 cm³/mol. The fraction of sp³-hybridized carbons (Fsp3) is 0. The number of benzene rings is 1. The zero-order valence-corrected chi connectivity index (χ0v) is 13.3. The highest BCUT2D eigenvalue weighted by atomic mass is 32.2. The molecule has 4 N–H and O–H groups in total. The number of hydrogen-bond acceptors (Lipinski definition) is 5. The summed E-state index contributed by atoms with van der Waals surface area (Å²) in [5.74, 6) is -2.87. The Hall–Kier alpha value is -3.33. The summed E-state index contributed by atoms with van der Waals surface area (Å²) >= 11 is 1.08. The van der Waals surface area contributed by atoms with Crippen LogP contribution in [-0.2, 0) is 4.79 Å². The molecule has 1 aromatic carbocycles. The van der Waals surface area contributed by atoms with Crippen molar-refractivity contribution in [3.63, 3.8) is 0 Å². The lowest BCUT2D eigenvalue weighted by atomic mass is 10.1. The van der Waals surface area contributed by atoms with Crippen LogP contribution in [0.15, 0.2) is 46.4 Å². The van der Waals surface area contributed by atoms with Crippen LogP contribution >= 0.6 is 11.8 Å². The van der Waals surface area contributed by atoms with Crippen LogP contribution in [0.25, 0.3) is 6.08 Å². The van der Waals surface area contributed by atoms with E-state index in [0.29, 0.717) is 4.91 Å². The molecule has 0 radical (unpaired) electrons. The van der Waals surface area contributed by atoms with E-state index < -0.39 is 11.9 Å². The number of thioether (sulfide) groups is 1. The summed E-state index contributed by atoms with van der Waals surface area (Å²) in [5, 5.41) is 20.9. The van der Waals surface area contributed by atoms with E-state index in [9.17, 15) is 14.4 Å². The zero-order chi connectivity index (χ0) is 18.0. The average Bonchev–Trinajstić information content (AvgIpc) is 3.17. The number of amides is 1. The van der Waals surface area contributed by atoms with E-state index in [0.717, 1.165) is 23.5 Å². The maximum Gasteiger partial charge on any atom is 0.335 e. The third-order valence-electron chi connectivity index (χ3n) is 3.20. The molecule has 2 aromatic rings. The molecule has 1 aliphatic rings. The normalized spacial score (nSPS) is 17.0. The minimum atomic E-state index is -1.26.